The van der Waals surface area contributed by atoms with E-state index < -0.39 is 5.97 Å². The van der Waals surface area contributed by atoms with Crippen LogP contribution in [0, 0.1) is 6.92 Å². The van der Waals surface area contributed by atoms with Gasteiger partial charge < -0.3 is 10.4 Å². The van der Waals surface area contributed by atoms with Crippen LogP contribution in [0.1, 0.15) is 38.0 Å². The number of carboxylic acids is 1. The zero-order valence-electron chi connectivity index (χ0n) is 14.5. The number of rotatable bonds is 3. The molecule has 6 heteroatoms. The number of hydrogen-bond donors (Lipinski definition) is 2. The van der Waals surface area contributed by atoms with Gasteiger partial charge >= 0.3 is 5.97 Å². The molecule has 0 saturated heterocycles. The molecular formula is C21H16ClNO3S. The Hall–Kier alpha value is -2.63. The molecule has 0 aliphatic carbocycles. The van der Waals surface area contributed by atoms with Crippen molar-refractivity contribution in [2.75, 3.05) is 5.32 Å². The largest absolute Gasteiger partial charge is 0.477 e. The summed E-state index contributed by atoms with van der Waals surface area (Å²) < 4.78 is 0. The van der Waals surface area contributed by atoms with Crippen LogP contribution in [0.2, 0.25) is 5.02 Å². The minimum absolute atomic E-state index is 0.110. The molecule has 27 heavy (non-hydrogen) atoms. The molecule has 0 saturated carbocycles. The van der Waals surface area contributed by atoms with Gasteiger partial charge in [0.25, 0.3) is 0 Å². The van der Waals surface area contributed by atoms with E-state index in [1.165, 1.54) is 11.3 Å². The van der Waals surface area contributed by atoms with Crippen molar-refractivity contribution in [1.82, 2.24) is 0 Å². The lowest BCUT2D eigenvalue weighted by Crippen LogP contribution is -2.22. The molecule has 0 bridgehead atoms. The number of benzene rings is 2. The maximum absolute atomic E-state index is 12.5. The molecule has 2 N–H and O–H groups in total. The standard InChI is InChI=1S/C21H16ClNO3S/c1-11-4-2-3-5-14(11)15-10-16(24)23-18-17(12-6-8-13(22)9-7-12)20(21(25)26)27-19(15)18/h2-9,15H,10H2,1H3,(H,23,24)(H,25,26)/t15-/m0/s1. The SMILES string of the molecule is Cc1ccccc1[C@@H]1CC(=O)Nc2c1sc(C(=O)O)c2-c1ccc(Cl)cc1. The highest BCUT2D eigenvalue weighted by Gasteiger charge is 2.34. The number of carbonyl (C=O) groups excluding carboxylic acids is 1. The molecule has 4 rings (SSSR count). The van der Waals surface area contributed by atoms with Crippen LogP contribution in [0.5, 0.6) is 0 Å². The Morgan fingerprint density at radius 2 is 1.89 bits per heavy atom. The minimum atomic E-state index is -1.00. The summed E-state index contributed by atoms with van der Waals surface area (Å²) in [4.78, 5) is 25.5. The monoisotopic (exact) mass is 397 g/mol. The van der Waals surface area contributed by atoms with Crippen LogP contribution in [0.15, 0.2) is 48.5 Å². The van der Waals surface area contributed by atoms with Gasteiger partial charge in [-0.25, -0.2) is 4.79 Å². The van der Waals surface area contributed by atoms with Crippen LogP contribution in [0.4, 0.5) is 5.69 Å². The van der Waals surface area contributed by atoms with Crippen molar-refractivity contribution in [2.45, 2.75) is 19.3 Å². The second-order valence-corrected chi connectivity index (χ2v) is 8.01. The molecule has 1 atom stereocenters. The van der Waals surface area contributed by atoms with Gasteiger partial charge in [0, 0.05) is 27.8 Å². The summed E-state index contributed by atoms with van der Waals surface area (Å²) in [6.07, 6.45) is 0.303. The molecular weight excluding hydrogens is 382 g/mol. The fourth-order valence-electron chi connectivity index (χ4n) is 3.56. The number of aromatic carboxylic acids is 1. The molecule has 0 unspecified atom stereocenters. The van der Waals surface area contributed by atoms with E-state index in [1.54, 1.807) is 24.3 Å². The normalized spacial score (nSPS) is 15.9. The Morgan fingerprint density at radius 3 is 2.56 bits per heavy atom. The summed E-state index contributed by atoms with van der Waals surface area (Å²) in [6.45, 7) is 2.01. The van der Waals surface area contributed by atoms with Crippen molar-refractivity contribution < 1.29 is 14.7 Å². The second kappa shape index (κ2) is 6.83. The molecule has 1 aliphatic rings. The van der Waals surface area contributed by atoms with Crippen LogP contribution in [-0.4, -0.2) is 17.0 Å². The summed E-state index contributed by atoms with van der Waals surface area (Å²) in [5.74, 6) is -1.27. The Morgan fingerprint density at radius 1 is 1.19 bits per heavy atom. The number of thiophene rings is 1. The van der Waals surface area contributed by atoms with Crippen molar-refractivity contribution in [2.24, 2.45) is 0 Å². The zero-order valence-corrected chi connectivity index (χ0v) is 16.0. The summed E-state index contributed by atoms with van der Waals surface area (Å²) in [5, 5.41) is 13.3. The molecule has 0 spiro atoms. The Bertz CT molecular complexity index is 1060. The molecule has 2 aromatic carbocycles. The van der Waals surface area contributed by atoms with E-state index in [2.05, 4.69) is 5.32 Å². The number of amides is 1. The summed E-state index contributed by atoms with van der Waals surface area (Å²) in [7, 11) is 0. The molecule has 0 fully saturated rings. The number of fused-ring (bicyclic) bond motifs is 1. The first-order valence-corrected chi connectivity index (χ1v) is 9.66. The van der Waals surface area contributed by atoms with E-state index in [4.69, 9.17) is 11.6 Å². The molecule has 136 valence electrons. The lowest BCUT2D eigenvalue weighted by atomic mass is 9.86. The van der Waals surface area contributed by atoms with E-state index in [0.717, 1.165) is 21.6 Å². The third-order valence-corrected chi connectivity index (χ3v) is 6.34. The van der Waals surface area contributed by atoms with Gasteiger partial charge in [-0.2, -0.15) is 0 Å². The number of carbonyl (C=O) groups is 2. The number of anilines is 1. The smallest absolute Gasteiger partial charge is 0.346 e. The minimum Gasteiger partial charge on any atom is -0.477 e. The molecule has 2 heterocycles. The van der Waals surface area contributed by atoms with E-state index >= 15 is 0 Å². The van der Waals surface area contributed by atoms with Gasteiger partial charge in [-0.15, -0.1) is 11.3 Å². The Balaban J connectivity index is 1.95. The molecule has 1 amide bonds. The Kier molecular flexibility index (Phi) is 4.50. The van der Waals surface area contributed by atoms with E-state index in [9.17, 15) is 14.7 Å². The van der Waals surface area contributed by atoms with Gasteiger partial charge in [-0.1, -0.05) is 48.0 Å². The molecule has 1 aromatic heterocycles. The number of nitrogens with one attached hydrogen (secondary N) is 1. The predicted octanol–water partition coefficient (Wildman–Crippen LogP) is 5.55. The first-order valence-electron chi connectivity index (χ1n) is 8.47. The molecule has 4 nitrogen and oxygen atoms in total. The maximum Gasteiger partial charge on any atom is 0.346 e. The van der Waals surface area contributed by atoms with Crippen LogP contribution in [-0.2, 0) is 4.79 Å². The van der Waals surface area contributed by atoms with Crippen molar-refractivity contribution >= 4 is 40.5 Å². The highest BCUT2D eigenvalue weighted by Crippen LogP contribution is 2.49. The van der Waals surface area contributed by atoms with Crippen molar-refractivity contribution in [3.63, 3.8) is 0 Å². The third kappa shape index (κ3) is 3.13. The van der Waals surface area contributed by atoms with Crippen molar-refractivity contribution in [1.29, 1.82) is 0 Å². The molecule has 3 aromatic rings. The summed E-state index contributed by atoms with van der Waals surface area (Å²) >= 11 is 7.21. The third-order valence-electron chi connectivity index (χ3n) is 4.80. The van der Waals surface area contributed by atoms with Crippen LogP contribution in [0.3, 0.4) is 0 Å². The predicted molar refractivity (Wildman–Crippen MR) is 108 cm³/mol. The first kappa shape index (κ1) is 17.8. The van der Waals surface area contributed by atoms with Gasteiger partial charge in [0.15, 0.2) is 0 Å². The summed E-state index contributed by atoms with van der Waals surface area (Å²) in [6, 6.07) is 14.9. The molecule has 0 radical (unpaired) electrons. The number of aryl methyl sites for hydroxylation is 1. The number of halogens is 1. The number of carboxylic acid groups (broad SMARTS) is 1. The first-order chi connectivity index (χ1) is 13.0. The number of hydrogen-bond acceptors (Lipinski definition) is 3. The maximum atomic E-state index is 12.5. The van der Waals surface area contributed by atoms with Gasteiger partial charge in [0.1, 0.15) is 4.88 Å². The fraction of sp³-hybridized carbons (Fsp3) is 0.143. The van der Waals surface area contributed by atoms with Gasteiger partial charge in [-0.05, 0) is 35.7 Å². The highest BCUT2D eigenvalue weighted by atomic mass is 35.5. The van der Waals surface area contributed by atoms with Crippen molar-refractivity contribution in [3.05, 3.63) is 74.4 Å². The molecule has 1 aliphatic heterocycles. The van der Waals surface area contributed by atoms with Gasteiger partial charge in [-0.3, -0.25) is 4.79 Å². The van der Waals surface area contributed by atoms with Crippen LogP contribution < -0.4 is 5.32 Å². The average Bonchev–Trinajstić information content (AvgIpc) is 3.02. The van der Waals surface area contributed by atoms with E-state index in [1.807, 2.05) is 31.2 Å². The van der Waals surface area contributed by atoms with E-state index in [-0.39, 0.29) is 16.7 Å². The van der Waals surface area contributed by atoms with Crippen LogP contribution in [0.25, 0.3) is 11.1 Å². The topological polar surface area (TPSA) is 66.4 Å². The van der Waals surface area contributed by atoms with Gasteiger partial charge in [0.2, 0.25) is 5.91 Å². The Labute approximate surface area is 165 Å². The lowest BCUT2D eigenvalue weighted by Gasteiger charge is -2.25. The lowest BCUT2D eigenvalue weighted by molar-refractivity contribution is -0.116. The van der Waals surface area contributed by atoms with Crippen molar-refractivity contribution in [3.8, 4) is 11.1 Å². The fourth-order valence-corrected chi connectivity index (χ4v) is 4.92. The highest BCUT2D eigenvalue weighted by molar-refractivity contribution is 7.15. The second-order valence-electron chi connectivity index (χ2n) is 6.52. The van der Waals surface area contributed by atoms with Crippen LogP contribution >= 0.6 is 22.9 Å². The quantitative estimate of drug-likeness (QED) is 0.608. The van der Waals surface area contributed by atoms with Gasteiger partial charge in [0.05, 0.1) is 5.69 Å². The zero-order chi connectivity index (χ0) is 19.1. The van der Waals surface area contributed by atoms with E-state index in [0.29, 0.717) is 22.7 Å². The average molecular weight is 398 g/mol. The summed E-state index contributed by atoms with van der Waals surface area (Å²) in [5.41, 5.74) is 4.01.